The van der Waals surface area contributed by atoms with E-state index < -0.39 is 0 Å². The Labute approximate surface area is 102 Å². The van der Waals surface area contributed by atoms with E-state index in [1.807, 2.05) is 0 Å². The van der Waals surface area contributed by atoms with Crippen molar-refractivity contribution in [2.24, 2.45) is 5.92 Å². The summed E-state index contributed by atoms with van der Waals surface area (Å²) >= 11 is 3.36. The van der Waals surface area contributed by atoms with E-state index >= 15 is 0 Å². The van der Waals surface area contributed by atoms with Gasteiger partial charge in [0.15, 0.2) is 0 Å². The predicted molar refractivity (Wildman–Crippen MR) is 66.1 cm³/mol. The first-order valence-corrected chi connectivity index (χ1v) is 5.90. The van der Waals surface area contributed by atoms with E-state index in [1.54, 1.807) is 18.2 Å². The fraction of sp³-hybridized carbons (Fsp3) is 0.364. The maximum Gasteiger partial charge on any atom is 0.229 e. The summed E-state index contributed by atoms with van der Waals surface area (Å²) < 4.78 is 5.96. The van der Waals surface area contributed by atoms with Gasteiger partial charge >= 0.3 is 0 Å². The van der Waals surface area contributed by atoms with Gasteiger partial charge in [-0.2, -0.15) is 0 Å². The van der Waals surface area contributed by atoms with Gasteiger partial charge < -0.3 is 15.8 Å². The zero-order valence-electron chi connectivity index (χ0n) is 8.70. The highest BCUT2D eigenvalue weighted by Gasteiger charge is 2.23. The number of carbonyl (C=O) groups excluding carboxylic acids is 1. The SMILES string of the molecule is Nc1ccc(NC(=O)C2CCOC2)c(Br)c1. The highest BCUT2D eigenvalue weighted by Crippen LogP contribution is 2.25. The minimum atomic E-state index is -0.0375. The van der Waals surface area contributed by atoms with E-state index in [0.29, 0.717) is 18.9 Å². The van der Waals surface area contributed by atoms with Crippen LogP contribution in [0, 0.1) is 5.92 Å². The lowest BCUT2D eigenvalue weighted by Gasteiger charge is -2.11. The highest BCUT2D eigenvalue weighted by atomic mass is 79.9. The van der Waals surface area contributed by atoms with E-state index in [4.69, 9.17) is 10.5 Å². The number of halogens is 1. The maximum absolute atomic E-state index is 11.8. The summed E-state index contributed by atoms with van der Waals surface area (Å²) in [4.78, 5) is 11.8. The molecule has 1 aromatic rings. The number of rotatable bonds is 2. The third kappa shape index (κ3) is 2.54. The highest BCUT2D eigenvalue weighted by molar-refractivity contribution is 9.10. The third-order valence-corrected chi connectivity index (χ3v) is 3.21. The average Bonchev–Trinajstić information content (AvgIpc) is 2.75. The van der Waals surface area contributed by atoms with Crippen molar-refractivity contribution in [2.45, 2.75) is 6.42 Å². The number of nitrogens with one attached hydrogen (secondary N) is 1. The molecule has 4 nitrogen and oxygen atoms in total. The second kappa shape index (κ2) is 4.84. The maximum atomic E-state index is 11.8. The van der Waals surface area contributed by atoms with Crippen molar-refractivity contribution in [3.05, 3.63) is 22.7 Å². The molecule has 0 radical (unpaired) electrons. The lowest BCUT2D eigenvalue weighted by molar-refractivity contribution is -0.119. The zero-order chi connectivity index (χ0) is 11.5. The number of hydrogen-bond acceptors (Lipinski definition) is 3. The van der Waals surface area contributed by atoms with Gasteiger partial charge in [0.25, 0.3) is 0 Å². The molecule has 1 aromatic carbocycles. The predicted octanol–water partition coefficient (Wildman–Crippen LogP) is 2.01. The van der Waals surface area contributed by atoms with Gasteiger partial charge in [0.05, 0.1) is 18.2 Å². The third-order valence-electron chi connectivity index (χ3n) is 2.55. The van der Waals surface area contributed by atoms with Crippen molar-refractivity contribution in [3.8, 4) is 0 Å². The number of ether oxygens (including phenoxy) is 1. The molecule has 0 aliphatic carbocycles. The van der Waals surface area contributed by atoms with Gasteiger partial charge in [-0.3, -0.25) is 4.79 Å². The van der Waals surface area contributed by atoms with Crippen molar-refractivity contribution in [2.75, 3.05) is 24.3 Å². The Morgan fingerprint density at radius 1 is 1.56 bits per heavy atom. The summed E-state index contributed by atoms with van der Waals surface area (Å²) in [5, 5.41) is 2.86. The molecule has 2 rings (SSSR count). The number of anilines is 2. The van der Waals surface area contributed by atoms with Gasteiger partial charge in [-0.25, -0.2) is 0 Å². The van der Waals surface area contributed by atoms with Crippen LogP contribution in [-0.4, -0.2) is 19.1 Å². The van der Waals surface area contributed by atoms with E-state index in [1.165, 1.54) is 0 Å². The normalized spacial score (nSPS) is 19.7. The van der Waals surface area contributed by atoms with Gasteiger partial charge in [-0.15, -0.1) is 0 Å². The summed E-state index contributed by atoms with van der Waals surface area (Å²) in [7, 11) is 0. The zero-order valence-corrected chi connectivity index (χ0v) is 10.3. The molecule has 0 bridgehead atoms. The monoisotopic (exact) mass is 284 g/mol. The molecule has 1 saturated heterocycles. The van der Waals surface area contributed by atoms with Crippen LogP contribution >= 0.6 is 15.9 Å². The molecule has 16 heavy (non-hydrogen) atoms. The summed E-state index contributed by atoms with van der Waals surface area (Å²) in [6.45, 7) is 1.18. The minimum absolute atomic E-state index is 0.00275. The molecule has 1 unspecified atom stereocenters. The molecule has 3 N–H and O–H groups in total. The Morgan fingerprint density at radius 2 is 2.38 bits per heavy atom. The largest absolute Gasteiger partial charge is 0.399 e. The molecule has 1 atom stereocenters. The molecular weight excluding hydrogens is 272 g/mol. The van der Waals surface area contributed by atoms with Crippen molar-refractivity contribution < 1.29 is 9.53 Å². The average molecular weight is 285 g/mol. The lowest BCUT2D eigenvalue weighted by Crippen LogP contribution is -2.23. The summed E-state index contributed by atoms with van der Waals surface area (Å²) in [6.07, 6.45) is 0.790. The molecule has 0 spiro atoms. The van der Waals surface area contributed by atoms with Crippen LogP contribution in [0.5, 0.6) is 0 Å². The van der Waals surface area contributed by atoms with Crippen molar-refractivity contribution in [1.82, 2.24) is 0 Å². The van der Waals surface area contributed by atoms with Crippen molar-refractivity contribution >= 4 is 33.2 Å². The Balaban J connectivity index is 2.05. The standard InChI is InChI=1S/C11H13BrN2O2/c12-9-5-8(13)1-2-10(9)14-11(15)7-3-4-16-6-7/h1-2,5,7H,3-4,6,13H2,(H,14,15). The van der Waals surface area contributed by atoms with Crippen molar-refractivity contribution in [3.63, 3.8) is 0 Å². The second-order valence-corrected chi connectivity index (χ2v) is 4.64. The molecule has 1 fully saturated rings. The van der Waals surface area contributed by atoms with E-state index in [-0.39, 0.29) is 11.8 Å². The van der Waals surface area contributed by atoms with Gasteiger partial charge in [0, 0.05) is 16.8 Å². The van der Waals surface area contributed by atoms with Crippen LogP contribution in [0.15, 0.2) is 22.7 Å². The quantitative estimate of drug-likeness (QED) is 0.817. The Hall–Kier alpha value is -1.07. The molecular formula is C11H13BrN2O2. The summed E-state index contributed by atoms with van der Waals surface area (Å²) in [5.74, 6) is -0.0348. The van der Waals surface area contributed by atoms with E-state index in [9.17, 15) is 4.79 Å². The summed E-state index contributed by atoms with van der Waals surface area (Å²) in [6, 6.07) is 5.30. The fourth-order valence-electron chi connectivity index (χ4n) is 1.61. The van der Waals surface area contributed by atoms with Gasteiger partial charge in [-0.05, 0) is 40.5 Å². The number of hydrogen-bond donors (Lipinski definition) is 2. The fourth-order valence-corrected chi connectivity index (χ4v) is 2.10. The topological polar surface area (TPSA) is 64.3 Å². The first kappa shape index (κ1) is 11.4. The molecule has 1 aliphatic heterocycles. The first-order valence-electron chi connectivity index (χ1n) is 5.10. The van der Waals surface area contributed by atoms with Crippen LogP contribution in [0.4, 0.5) is 11.4 Å². The van der Waals surface area contributed by atoms with Crippen LogP contribution in [0.25, 0.3) is 0 Å². The Morgan fingerprint density at radius 3 is 3.00 bits per heavy atom. The van der Waals surface area contributed by atoms with Gasteiger partial charge in [-0.1, -0.05) is 0 Å². The Bertz CT molecular complexity index is 403. The molecule has 86 valence electrons. The Kier molecular flexibility index (Phi) is 3.46. The van der Waals surface area contributed by atoms with E-state index in [2.05, 4.69) is 21.2 Å². The van der Waals surface area contributed by atoms with Crippen LogP contribution < -0.4 is 11.1 Å². The van der Waals surface area contributed by atoms with Crippen LogP contribution in [0.2, 0.25) is 0 Å². The van der Waals surface area contributed by atoms with Crippen LogP contribution in [0.1, 0.15) is 6.42 Å². The molecule has 5 heteroatoms. The molecule has 0 saturated carbocycles. The molecule has 1 heterocycles. The molecule has 0 aromatic heterocycles. The number of benzene rings is 1. The van der Waals surface area contributed by atoms with Gasteiger partial charge in [0.2, 0.25) is 5.91 Å². The van der Waals surface area contributed by atoms with Crippen molar-refractivity contribution in [1.29, 1.82) is 0 Å². The smallest absolute Gasteiger partial charge is 0.229 e. The first-order chi connectivity index (χ1) is 7.66. The number of carbonyl (C=O) groups is 1. The summed E-state index contributed by atoms with van der Waals surface area (Å²) in [5.41, 5.74) is 7.02. The van der Waals surface area contributed by atoms with Crippen LogP contribution in [-0.2, 0) is 9.53 Å². The molecule has 1 aliphatic rings. The van der Waals surface area contributed by atoms with E-state index in [0.717, 1.165) is 16.6 Å². The molecule has 1 amide bonds. The lowest BCUT2D eigenvalue weighted by atomic mass is 10.1. The number of nitrogens with two attached hydrogens (primary N) is 1. The van der Waals surface area contributed by atoms with Gasteiger partial charge in [0.1, 0.15) is 0 Å². The van der Waals surface area contributed by atoms with Crippen LogP contribution in [0.3, 0.4) is 0 Å². The number of nitrogen functional groups attached to an aromatic ring is 1. The second-order valence-electron chi connectivity index (χ2n) is 3.79. The number of amides is 1. The minimum Gasteiger partial charge on any atom is -0.399 e.